The van der Waals surface area contributed by atoms with Crippen molar-refractivity contribution < 1.29 is 0 Å². The molecule has 0 bridgehead atoms. The molecule has 0 spiro atoms. The second-order valence-corrected chi connectivity index (χ2v) is 6.11. The summed E-state index contributed by atoms with van der Waals surface area (Å²) in [6.07, 6.45) is 5.91. The third-order valence-corrected chi connectivity index (χ3v) is 4.49. The predicted molar refractivity (Wildman–Crippen MR) is 82.0 cm³/mol. The predicted octanol–water partition coefficient (Wildman–Crippen LogP) is 2.71. The molecular formula is C14H26N4S. The van der Waals surface area contributed by atoms with Gasteiger partial charge in [-0.2, -0.15) is 4.37 Å². The van der Waals surface area contributed by atoms with Crippen molar-refractivity contribution in [3.05, 3.63) is 5.82 Å². The van der Waals surface area contributed by atoms with Crippen molar-refractivity contribution in [2.75, 3.05) is 31.1 Å². The van der Waals surface area contributed by atoms with Crippen molar-refractivity contribution in [1.82, 2.24) is 14.7 Å². The van der Waals surface area contributed by atoms with Crippen LogP contribution in [0.25, 0.3) is 0 Å². The molecule has 4 nitrogen and oxygen atoms in total. The molecule has 0 saturated carbocycles. The van der Waals surface area contributed by atoms with Gasteiger partial charge in [0, 0.05) is 31.0 Å². The van der Waals surface area contributed by atoms with Crippen LogP contribution in [-0.4, -0.2) is 35.5 Å². The number of nitrogens with zero attached hydrogens (tertiary/aromatic N) is 3. The molecule has 0 amide bonds. The Morgan fingerprint density at radius 2 is 2.05 bits per heavy atom. The quantitative estimate of drug-likeness (QED) is 0.781. The smallest absolute Gasteiger partial charge is 0.205 e. The van der Waals surface area contributed by atoms with Crippen LogP contribution in [0, 0.1) is 5.92 Å². The summed E-state index contributed by atoms with van der Waals surface area (Å²) in [7, 11) is 0. The third kappa shape index (κ3) is 4.42. The highest BCUT2D eigenvalue weighted by Gasteiger charge is 2.21. The first-order valence-electron chi connectivity index (χ1n) is 7.61. The molecule has 1 aromatic heterocycles. The number of anilines is 1. The van der Waals surface area contributed by atoms with E-state index in [1.807, 2.05) is 0 Å². The van der Waals surface area contributed by atoms with Crippen LogP contribution < -0.4 is 10.2 Å². The fraction of sp³-hybridized carbons (Fsp3) is 0.857. The second kappa shape index (κ2) is 7.80. The molecule has 108 valence electrons. The van der Waals surface area contributed by atoms with Gasteiger partial charge in [-0.25, -0.2) is 4.98 Å². The summed E-state index contributed by atoms with van der Waals surface area (Å²) in [5.41, 5.74) is 0. The lowest BCUT2D eigenvalue weighted by Gasteiger charge is -2.31. The molecule has 1 fully saturated rings. The monoisotopic (exact) mass is 282 g/mol. The van der Waals surface area contributed by atoms with Crippen LogP contribution in [0.3, 0.4) is 0 Å². The first-order chi connectivity index (χ1) is 9.33. The minimum absolute atomic E-state index is 0.839. The van der Waals surface area contributed by atoms with Gasteiger partial charge in [-0.15, -0.1) is 0 Å². The largest absolute Gasteiger partial charge is 0.347 e. The molecule has 0 atom stereocenters. The Balaban J connectivity index is 1.75. The Kier molecular flexibility index (Phi) is 6.04. The van der Waals surface area contributed by atoms with Crippen molar-refractivity contribution in [1.29, 1.82) is 0 Å². The van der Waals surface area contributed by atoms with Crippen molar-refractivity contribution in [3.63, 3.8) is 0 Å². The van der Waals surface area contributed by atoms with Crippen LogP contribution in [0.5, 0.6) is 0 Å². The fourth-order valence-electron chi connectivity index (χ4n) is 2.51. The van der Waals surface area contributed by atoms with E-state index in [-0.39, 0.29) is 0 Å². The van der Waals surface area contributed by atoms with Crippen LogP contribution in [0.4, 0.5) is 5.13 Å². The minimum atomic E-state index is 0.839. The maximum atomic E-state index is 4.64. The van der Waals surface area contributed by atoms with Crippen molar-refractivity contribution in [2.45, 2.75) is 46.0 Å². The summed E-state index contributed by atoms with van der Waals surface area (Å²) in [5.74, 6) is 1.86. The zero-order chi connectivity index (χ0) is 13.5. The average molecular weight is 282 g/mol. The summed E-state index contributed by atoms with van der Waals surface area (Å²) in [6, 6.07) is 0. The van der Waals surface area contributed by atoms with Gasteiger partial charge in [0.05, 0.1) is 0 Å². The van der Waals surface area contributed by atoms with Crippen LogP contribution in [-0.2, 0) is 6.42 Å². The van der Waals surface area contributed by atoms with Crippen LogP contribution in [0.1, 0.15) is 45.4 Å². The lowest BCUT2D eigenvalue weighted by atomic mass is 9.97. The average Bonchev–Trinajstić information content (AvgIpc) is 2.89. The maximum Gasteiger partial charge on any atom is 0.205 e. The zero-order valence-electron chi connectivity index (χ0n) is 12.2. The molecule has 0 unspecified atom stereocenters. The Bertz CT molecular complexity index is 358. The van der Waals surface area contributed by atoms with E-state index in [1.54, 1.807) is 11.5 Å². The number of hydrogen-bond acceptors (Lipinski definition) is 5. The van der Waals surface area contributed by atoms with Crippen molar-refractivity contribution in [3.8, 4) is 0 Å². The highest BCUT2D eigenvalue weighted by molar-refractivity contribution is 7.09. The molecule has 1 aliphatic rings. The first-order valence-corrected chi connectivity index (χ1v) is 8.39. The SMILES string of the molecule is CCCNCC1CCN(c2nc(CCC)ns2)CC1. The second-order valence-electron chi connectivity index (χ2n) is 5.38. The molecule has 1 saturated heterocycles. The lowest BCUT2D eigenvalue weighted by molar-refractivity contribution is 0.383. The Morgan fingerprint density at radius 1 is 1.26 bits per heavy atom. The Hall–Kier alpha value is -0.680. The molecule has 1 aromatic rings. The minimum Gasteiger partial charge on any atom is -0.347 e. The maximum absolute atomic E-state index is 4.64. The summed E-state index contributed by atoms with van der Waals surface area (Å²) in [4.78, 5) is 7.05. The Labute approximate surface area is 120 Å². The molecule has 2 heterocycles. The molecular weight excluding hydrogens is 256 g/mol. The Morgan fingerprint density at radius 3 is 2.74 bits per heavy atom. The van der Waals surface area contributed by atoms with Gasteiger partial charge in [-0.05, 0) is 44.7 Å². The van der Waals surface area contributed by atoms with Gasteiger partial charge in [0.2, 0.25) is 5.13 Å². The first kappa shape index (κ1) is 14.7. The number of nitrogens with one attached hydrogen (secondary N) is 1. The molecule has 0 aromatic carbocycles. The molecule has 2 rings (SSSR count). The molecule has 0 radical (unpaired) electrons. The van der Waals surface area contributed by atoms with E-state index in [4.69, 9.17) is 0 Å². The molecule has 5 heteroatoms. The van der Waals surface area contributed by atoms with E-state index in [9.17, 15) is 0 Å². The summed E-state index contributed by atoms with van der Waals surface area (Å²) in [5, 5.41) is 4.66. The highest BCUT2D eigenvalue weighted by Crippen LogP contribution is 2.24. The van der Waals surface area contributed by atoms with E-state index in [1.165, 1.54) is 25.8 Å². The van der Waals surface area contributed by atoms with Gasteiger partial charge < -0.3 is 10.2 Å². The van der Waals surface area contributed by atoms with Crippen molar-refractivity contribution in [2.24, 2.45) is 5.92 Å². The topological polar surface area (TPSA) is 41.0 Å². The van der Waals surface area contributed by atoms with Gasteiger partial charge in [0.15, 0.2) is 0 Å². The van der Waals surface area contributed by atoms with Crippen LogP contribution in [0.15, 0.2) is 0 Å². The summed E-state index contributed by atoms with van der Waals surface area (Å²) in [6.45, 7) is 9.00. The van der Waals surface area contributed by atoms with E-state index in [2.05, 4.69) is 33.4 Å². The van der Waals surface area contributed by atoms with Crippen LogP contribution in [0.2, 0.25) is 0 Å². The molecule has 1 aliphatic heterocycles. The van der Waals surface area contributed by atoms with E-state index in [0.717, 1.165) is 49.3 Å². The summed E-state index contributed by atoms with van der Waals surface area (Å²) < 4.78 is 4.44. The normalized spacial score (nSPS) is 17.1. The number of rotatable bonds is 7. The summed E-state index contributed by atoms with van der Waals surface area (Å²) >= 11 is 1.57. The highest BCUT2D eigenvalue weighted by atomic mass is 32.1. The lowest BCUT2D eigenvalue weighted by Crippen LogP contribution is -2.37. The van der Waals surface area contributed by atoms with Gasteiger partial charge in [-0.1, -0.05) is 13.8 Å². The van der Waals surface area contributed by atoms with Gasteiger partial charge in [0.1, 0.15) is 5.82 Å². The fourth-order valence-corrected chi connectivity index (χ4v) is 3.27. The standard InChI is InChI=1S/C14H26N4S/c1-3-5-13-16-14(19-17-13)18-9-6-12(7-10-18)11-15-8-4-2/h12,15H,3-11H2,1-2H3. The number of aromatic nitrogens is 2. The van der Waals surface area contributed by atoms with E-state index in [0.29, 0.717) is 0 Å². The van der Waals surface area contributed by atoms with Crippen LogP contribution >= 0.6 is 11.5 Å². The number of aryl methyl sites for hydroxylation is 1. The molecule has 19 heavy (non-hydrogen) atoms. The molecule has 0 aliphatic carbocycles. The van der Waals surface area contributed by atoms with Gasteiger partial charge in [-0.3, -0.25) is 0 Å². The van der Waals surface area contributed by atoms with E-state index < -0.39 is 0 Å². The van der Waals surface area contributed by atoms with Gasteiger partial charge in [0.25, 0.3) is 0 Å². The number of hydrogen-bond donors (Lipinski definition) is 1. The number of piperidine rings is 1. The molecule has 1 N–H and O–H groups in total. The third-order valence-electron chi connectivity index (χ3n) is 3.68. The zero-order valence-corrected chi connectivity index (χ0v) is 13.0. The van der Waals surface area contributed by atoms with Crippen molar-refractivity contribution >= 4 is 16.7 Å². The van der Waals surface area contributed by atoms with Gasteiger partial charge >= 0.3 is 0 Å². The van der Waals surface area contributed by atoms with E-state index >= 15 is 0 Å².